The van der Waals surface area contributed by atoms with Crippen LogP contribution < -0.4 is 0 Å². The Kier molecular flexibility index (Phi) is 6.20. The number of carbonyl (C=O) groups excluding carboxylic acids is 1. The number of unbranched alkanes of at least 4 members (excludes halogenated alkanes) is 2. The highest BCUT2D eigenvalue weighted by Gasteiger charge is 2.27. The van der Waals surface area contributed by atoms with E-state index in [4.69, 9.17) is 4.74 Å². The Morgan fingerprint density at radius 1 is 1.44 bits per heavy atom. The molecule has 0 aromatic heterocycles. The summed E-state index contributed by atoms with van der Waals surface area (Å²) in [6, 6.07) is 0. The van der Waals surface area contributed by atoms with Crippen LogP contribution in [0.5, 0.6) is 0 Å². The molecule has 2 heteroatoms. The minimum absolute atomic E-state index is 0.0114. The minimum atomic E-state index is -0.0114. The average Bonchev–Trinajstić information content (AvgIpc) is 2.70. The van der Waals surface area contributed by atoms with E-state index in [1.54, 1.807) is 0 Å². The van der Waals surface area contributed by atoms with Crippen LogP contribution in [-0.2, 0) is 9.53 Å². The van der Waals surface area contributed by atoms with E-state index in [1.807, 2.05) is 0 Å². The molecule has 0 N–H and O–H groups in total. The van der Waals surface area contributed by atoms with E-state index in [9.17, 15) is 4.79 Å². The zero-order valence-electron chi connectivity index (χ0n) is 10.6. The van der Waals surface area contributed by atoms with Crippen LogP contribution in [0.3, 0.4) is 0 Å². The lowest BCUT2D eigenvalue weighted by atomic mass is 9.95. The van der Waals surface area contributed by atoms with Crippen LogP contribution in [0.2, 0.25) is 0 Å². The van der Waals surface area contributed by atoms with Crippen LogP contribution in [0.1, 0.15) is 58.8 Å². The third kappa shape index (κ3) is 4.82. The van der Waals surface area contributed by atoms with E-state index in [-0.39, 0.29) is 12.1 Å². The summed E-state index contributed by atoms with van der Waals surface area (Å²) in [5.74, 6) is 0.518. The summed E-state index contributed by atoms with van der Waals surface area (Å²) in [6.07, 6.45) is 12.2. The lowest BCUT2D eigenvalue weighted by Gasteiger charge is -2.17. The van der Waals surface area contributed by atoms with Gasteiger partial charge in [-0.3, -0.25) is 4.79 Å². The van der Waals surface area contributed by atoms with E-state index in [1.165, 1.54) is 25.7 Å². The molecule has 1 heterocycles. The van der Waals surface area contributed by atoms with Gasteiger partial charge in [-0.15, -0.1) is 0 Å². The van der Waals surface area contributed by atoms with E-state index in [2.05, 4.69) is 26.0 Å². The molecule has 16 heavy (non-hydrogen) atoms. The van der Waals surface area contributed by atoms with E-state index in [0.29, 0.717) is 12.3 Å². The summed E-state index contributed by atoms with van der Waals surface area (Å²) in [5, 5.41) is 0. The fourth-order valence-electron chi connectivity index (χ4n) is 2.15. The lowest BCUT2D eigenvalue weighted by molar-refractivity contribution is -0.143. The van der Waals surface area contributed by atoms with E-state index in [0.717, 1.165) is 12.8 Å². The molecule has 2 atom stereocenters. The van der Waals surface area contributed by atoms with Gasteiger partial charge in [0, 0.05) is 6.42 Å². The fraction of sp³-hybridized carbons (Fsp3) is 0.786. The van der Waals surface area contributed by atoms with Crippen molar-refractivity contribution < 1.29 is 9.53 Å². The second-order valence-corrected chi connectivity index (χ2v) is 4.71. The van der Waals surface area contributed by atoms with Gasteiger partial charge in [-0.25, -0.2) is 0 Å². The normalized spacial score (nSPS) is 22.6. The number of esters is 1. The molecule has 0 aromatic carbocycles. The average molecular weight is 224 g/mol. The summed E-state index contributed by atoms with van der Waals surface area (Å²) in [6.45, 7) is 4.36. The maximum atomic E-state index is 11.0. The largest absolute Gasteiger partial charge is 0.462 e. The maximum absolute atomic E-state index is 11.0. The maximum Gasteiger partial charge on any atom is 0.306 e. The first-order chi connectivity index (χ1) is 7.74. The molecule has 0 radical (unpaired) electrons. The van der Waals surface area contributed by atoms with E-state index < -0.39 is 0 Å². The Hall–Kier alpha value is -0.790. The molecule has 1 fully saturated rings. The van der Waals surface area contributed by atoms with Crippen LogP contribution in [-0.4, -0.2) is 12.1 Å². The van der Waals surface area contributed by atoms with E-state index >= 15 is 0 Å². The Bertz CT molecular complexity index is 233. The van der Waals surface area contributed by atoms with Crippen molar-refractivity contribution >= 4 is 5.97 Å². The second-order valence-electron chi connectivity index (χ2n) is 4.71. The Balaban J connectivity index is 2.04. The standard InChI is InChI=1S/C14H24O2/c1-3-4-5-6-7-8-9-12(2)13-10-11-14(15)16-13/h4-5,12-13H,3,6-11H2,1-2H3. The number of cyclic esters (lactones) is 1. The monoisotopic (exact) mass is 224 g/mol. The Morgan fingerprint density at radius 2 is 2.25 bits per heavy atom. The molecular formula is C14H24O2. The molecule has 1 saturated heterocycles. The third-order valence-corrected chi connectivity index (χ3v) is 3.23. The van der Waals surface area contributed by atoms with Gasteiger partial charge in [0.05, 0.1) is 0 Å². The topological polar surface area (TPSA) is 26.3 Å². The molecule has 0 aliphatic carbocycles. The number of hydrogen-bond acceptors (Lipinski definition) is 2. The number of rotatable bonds is 7. The molecule has 0 saturated carbocycles. The first-order valence-electron chi connectivity index (χ1n) is 6.58. The van der Waals surface area contributed by atoms with Gasteiger partial charge < -0.3 is 4.74 Å². The number of allylic oxidation sites excluding steroid dienone is 2. The minimum Gasteiger partial charge on any atom is -0.462 e. The highest BCUT2D eigenvalue weighted by atomic mass is 16.5. The third-order valence-electron chi connectivity index (χ3n) is 3.23. The molecule has 0 bridgehead atoms. The van der Waals surface area contributed by atoms with Gasteiger partial charge in [-0.2, -0.15) is 0 Å². The van der Waals surface area contributed by atoms with Crippen molar-refractivity contribution in [3.8, 4) is 0 Å². The molecule has 1 aliphatic heterocycles. The van der Waals surface area contributed by atoms with Gasteiger partial charge >= 0.3 is 5.97 Å². The predicted molar refractivity (Wildman–Crippen MR) is 66.2 cm³/mol. The van der Waals surface area contributed by atoms with Gasteiger partial charge in [-0.1, -0.05) is 32.4 Å². The molecular weight excluding hydrogens is 200 g/mol. The summed E-state index contributed by atoms with van der Waals surface area (Å²) in [5.41, 5.74) is 0. The van der Waals surface area contributed by atoms with Gasteiger partial charge in [0.15, 0.2) is 0 Å². The zero-order valence-corrected chi connectivity index (χ0v) is 10.6. The summed E-state index contributed by atoms with van der Waals surface area (Å²) < 4.78 is 5.27. The van der Waals surface area contributed by atoms with Gasteiger partial charge in [0.2, 0.25) is 0 Å². The predicted octanol–water partition coefficient (Wildman–Crippen LogP) is 3.85. The van der Waals surface area contributed by atoms with Crippen molar-refractivity contribution in [2.45, 2.75) is 64.9 Å². The van der Waals surface area contributed by atoms with Crippen molar-refractivity contribution in [3.05, 3.63) is 12.2 Å². The van der Waals surface area contributed by atoms with Crippen molar-refractivity contribution in [2.75, 3.05) is 0 Å². The first kappa shape index (κ1) is 13.3. The molecule has 2 nitrogen and oxygen atoms in total. The van der Waals surface area contributed by atoms with Crippen LogP contribution in [0.4, 0.5) is 0 Å². The molecule has 0 amide bonds. The highest BCUT2D eigenvalue weighted by Crippen LogP contribution is 2.25. The Morgan fingerprint density at radius 3 is 2.88 bits per heavy atom. The SMILES string of the molecule is CCC=CCCCCC(C)C1CCC(=O)O1. The lowest BCUT2D eigenvalue weighted by Crippen LogP contribution is -2.17. The fourth-order valence-corrected chi connectivity index (χ4v) is 2.15. The summed E-state index contributed by atoms with van der Waals surface area (Å²) >= 11 is 0. The van der Waals surface area contributed by atoms with Gasteiger partial charge in [0.25, 0.3) is 0 Å². The van der Waals surface area contributed by atoms with Crippen molar-refractivity contribution in [1.29, 1.82) is 0 Å². The number of carbonyl (C=O) groups is 1. The summed E-state index contributed by atoms with van der Waals surface area (Å²) in [7, 11) is 0. The second kappa shape index (κ2) is 7.48. The first-order valence-corrected chi connectivity index (χ1v) is 6.58. The van der Waals surface area contributed by atoms with Gasteiger partial charge in [0.1, 0.15) is 6.10 Å². The smallest absolute Gasteiger partial charge is 0.306 e. The van der Waals surface area contributed by atoms with Crippen LogP contribution in [0, 0.1) is 5.92 Å². The highest BCUT2D eigenvalue weighted by molar-refractivity contribution is 5.71. The van der Waals surface area contributed by atoms with Crippen LogP contribution >= 0.6 is 0 Å². The summed E-state index contributed by atoms with van der Waals surface area (Å²) in [4.78, 5) is 11.0. The van der Waals surface area contributed by atoms with Crippen molar-refractivity contribution in [2.24, 2.45) is 5.92 Å². The number of ether oxygens (including phenoxy) is 1. The zero-order chi connectivity index (χ0) is 11.8. The van der Waals surface area contributed by atoms with Crippen LogP contribution in [0.25, 0.3) is 0 Å². The molecule has 1 aliphatic rings. The number of hydrogen-bond donors (Lipinski definition) is 0. The molecule has 92 valence electrons. The Labute approximate surface area is 99.1 Å². The van der Waals surface area contributed by atoms with Crippen molar-refractivity contribution in [3.63, 3.8) is 0 Å². The van der Waals surface area contributed by atoms with Crippen LogP contribution in [0.15, 0.2) is 12.2 Å². The molecule has 0 spiro atoms. The molecule has 1 rings (SSSR count). The molecule has 2 unspecified atom stereocenters. The van der Waals surface area contributed by atoms with Crippen molar-refractivity contribution in [1.82, 2.24) is 0 Å². The van der Waals surface area contributed by atoms with Gasteiger partial charge in [-0.05, 0) is 38.0 Å². The quantitative estimate of drug-likeness (QED) is 0.373. The molecule has 0 aromatic rings.